The first-order valence-corrected chi connectivity index (χ1v) is 6.65. The third-order valence-electron chi connectivity index (χ3n) is 2.96. The highest BCUT2D eigenvalue weighted by Gasteiger charge is 2.03. The first-order valence-electron chi connectivity index (χ1n) is 6.65. The standard InChI is InChI=1S/C15H21N3O/c1-18(13-14-8-4-2-5-9-14)11-7-3-6-10-15(19)12-17-16/h2,4-5,8-9,12H,3,6-7,10-11,13H2,1H3. The number of hydrogen-bond acceptors (Lipinski definition) is 2. The van der Waals surface area contributed by atoms with Crippen LogP contribution in [0.2, 0.25) is 0 Å². The lowest BCUT2D eigenvalue weighted by molar-refractivity contribution is -0.116. The van der Waals surface area contributed by atoms with Crippen LogP contribution >= 0.6 is 0 Å². The average Bonchev–Trinajstić information content (AvgIpc) is 2.40. The normalized spacial score (nSPS) is 10.2. The van der Waals surface area contributed by atoms with E-state index in [1.165, 1.54) is 5.56 Å². The minimum atomic E-state index is -0.111. The van der Waals surface area contributed by atoms with Crippen molar-refractivity contribution in [3.63, 3.8) is 0 Å². The van der Waals surface area contributed by atoms with Crippen LogP contribution in [0, 0.1) is 0 Å². The van der Waals surface area contributed by atoms with Crippen LogP contribution < -0.4 is 0 Å². The summed E-state index contributed by atoms with van der Waals surface area (Å²) in [6, 6.07) is 10.4. The number of unbranched alkanes of at least 4 members (excludes halogenated alkanes) is 2. The van der Waals surface area contributed by atoms with Crippen LogP contribution in [-0.2, 0) is 11.3 Å². The average molecular weight is 259 g/mol. The van der Waals surface area contributed by atoms with Crippen LogP contribution in [0.1, 0.15) is 31.2 Å². The first-order chi connectivity index (χ1) is 9.22. The summed E-state index contributed by atoms with van der Waals surface area (Å²) < 4.78 is 0. The van der Waals surface area contributed by atoms with E-state index >= 15 is 0 Å². The van der Waals surface area contributed by atoms with Crippen molar-refractivity contribution in [2.24, 2.45) is 0 Å². The maximum absolute atomic E-state index is 11.1. The highest BCUT2D eigenvalue weighted by molar-refractivity contribution is 6.25. The molecule has 0 N–H and O–H groups in total. The van der Waals surface area contributed by atoms with Gasteiger partial charge in [0.1, 0.15) is 0 Å². The van der Waals surface area contributed by atoms with Gasteiger partial charge in [0, 0.05) is 13.0 Å². The molecular weight excluding hydrogens is 238 g/mol. The molecule has 0 unspecified atom stereocenters. The van der Waals surface area contributed by atoms with Gasteiger partial charge in [-0.1, -0.05) is 36.8 Å². The van der Waals surface area contributed by atoms with Gasteiger partial charge in [0.2, 0.25) is 5.78 Å². The van der Waals surface area contributed by atoms with Crippen molar-refractivity contribution in [3.05, 3.63) is 41.4 Å². The lowest BCUT2D eigenvalue weighted by Gasteiger charge is -2.16. The molecule has 0 aliphatic carbocycles. The summed E-state index contributed by atoms with van der Waals surface area (Å²) >= 11 is 0. The van der Waals surface area contributed by atoms with E-state index < -0.39 is 0 Å². The lowest BCUT2D eigenvalue weighted by Crippen LogP contribution is -2.19. The minimum absolute atomic E-state index is 0.111. The Bertz CT molecular complexity index is 424. The van der Waals surface area contributed by atoms with Crippen LogP contribution in [0.25, 0.3) is 5.53 Å². The Labute approximate surface area is 114 Å². The number of carbonyl (C=O) groups excluding carboxylic acids is 1. The molecule has 4 nitrogen and oxygen atoms in total. The summed E-state index contributed by atoms with van der Waals surface area (Å²) in [6.45, 7) is 1.98. The second-order valence-corrected chi connectivity index (χ2v) is 4.74. The van der Waals surface area contributed by atoms with Crippen molar-refractivity contribution >= 4 is 12.0 Å². The number of benzene rings is 1. The van der Waals surface area contributed by atoms with E-state index in [0.29, 0.717) is 6.42 Å². The maximum atomic E-state index is 11.1. The van der Waals surface area contributed by atoms with Gasteiger partial charge in [-0.2, -0.15) is 4.79 Å². The molecule has 0 amide bonds. The van der Waals surface area contributed by atoms with Crippen molar-refractivity contribution in [2.45, 2.75) is 32.2 Å². The summed E-state index contributed by atoms with van der Waals surface area (Å²) in [5.74, 6) is -0.111. The predicted molar refractivity (Wildman–Crippen MR) is 75.9 cm³/mol. The molecule has 1 aromatic carbocycles. The number of Topliss-reactive ketones (excluding diaryl/α,β-unsaturated/α-hetero) is 1. The number of ketones is 1. The smallest absolute Gasteiger partial charge is 0.323 e. The molecule has 0 aromatic heterocycles. The first kappa shape index (κ1) is 15.3. The van der Waals surface area contributed by atoms with Crippen LogP contribution in [0.5, 0.6) is 0 Å². The Balaban J connectivity index is 2.09. The molecule has 0 saturated carbocycles. The fourth-order valence-corrected chi connectivity index (χ4v) is 1.96. The van der Waals surface area contributed by atoms with Crippen molar-refractivity contribution < 1.29 is 9.58 Å². The van der Waals surface area contributed by atoms with E-state index in [1.807, 2.05) is 6.07 Å². The highest BCUT2D eigenvalue weighted by Crippen LogP contribution is 2.05. The number of carbonyl (C=O) groups is 1. The zero-order valence-electron chi connectivity index (χ0n) is 11.5. The van der Waals surface area contributed by atoms with Crippen molar-refractivity contribution in [1.82, 2.24) is 4.90 Å². The zero-order chi connectivity index (χ0) is 13.9. The van der Waals surface area contributed by atoms with Gasteiger partial charge in [-0.15, -0.1) is 0 Å². The second-order valence-electron chi connectivity index (χ2n) is 4.74. The molecule has 0 heterocycles. The molecule has 0 atom stereocenters. The molecule has 1 rings (SSSR count). The van der Waals surface area contributed by atoms with Gasteiger partial charge in [-0.05, 0) is 32.0 Å². The summed E-state index contributed by atoms with van der Waals surface area (Å²) in [6.07, 6.45) is 4.38. The fraction of sp³-hybridized carbons (Fsp3) is 0.467. The van der Waals surface area contributed by atoms with Gasteiger partial charge in [0.25, 0.3) is 0 Å². The second kappa shape index (κ2) is 9.20. The summed E-state index contributed by atoms with van der Waals surface area (Å²) in [7, 11) is 2.11. The van der Waals surface area contributed by atoms with Crippen molar-refractivity contribution in [3.8, 4) is 0 Å². The highest BCUT2D eigenvalue weighted by atomic mass is 16.1. The molecule has 0 bridgehead atoms. The third kappa shape index (κ3) is 7.29. The Morgan fingerprint density at radius 3 is 2.68 bits per heavy atom. The monoisotopic (exact) mass is 259 g/mol. The lowest BCUT2D eigenvalue weighted by atomic mass is 10.1. The Hall–Kier alpha value is -1.77. The zero-order valence-corrected chi connectivity index (χ0v) is 11.5. The number of nitrogens with zero attached hydrogens (tertiary/aromatic N) is 3. The molecule has 19 heavy (non-hydrogen) atoms. The van der Waals surface area contributed by atoms with Gasteiger partial charge < -0.3 is 10.4 Å². The predicted octanol–water partition coefficient (Wildman–Crippen LogP) is 2.55. The SMILES string of the molecule is CN(CCCCCC(=O)C=[N+]=[N-])Cc1ccccc1. The molecule has 4 heteroatoms. The van der Waals surface area contributed by atoms with E-state index in [9.17, 15) is 4.79 Å². The molecule has 0 saturated heterocycles. The molecule has 102 valence electrons. The Kier molecular flexibility index (Phi) is 7.40. The van der Waals surface area contributed by atoms with Gasteiger partial charge in [0.05, 0.1) is 0 Å². The molecular formula is C15H21N3O. The Morgan fingerprint density at radius 2 is 2.00 bits per heavy atom. The third-order valence-corrected chi connectivity index (χ3v) is 2.96. The number of hydrogen-bond donors (Lipinski definition) is 0. The van der Waals surface area contributed by atoms with E-state index in [1.54, 1.807) is 0 Å². The van der Waals surface area contributed by atoms with Crippen LogP contribution in [0.15, 0.2) is 30.3 Å². The summed E-state index contributed by atoms with van der Waals surface area (Å²) in [5, 5.41) is 0. The van der Waals surface area contributed by atoms with Crippen LogP contribution in [-0.4, -0.2) is 35.3 Å². The van der Waals surface area contributed by atoms with Gasteiger partial charge in [-0.25, -0.2) is 0 Å². The molecule has 0 radical (unpaired) electrons. The molecule has 1 aromatic rings. The quantitative estimate of drug-likeness (QED) is 0.296. The van der Waals surface area contributed by atoms with Crippen LogP contribution in [0.3, 0.4) is 0 Å². The fourth-order valence-electron chi connectivity index (χ4n) is 1.96. The Morgan fingerprint density at radius 1 is 1.26 bits per heavy atom. The molecule has 0 aliphatic heterocycles. The van der Waals surface area contributed by atoms with E-state index in [2.05, 4.69) is 41.0 Å². The van der Waals surface area contributed by atoms with E-state index in [-0.39, 0.29) is 5.78 Å². The molecule has 0 aliphatic rings. The summed E-state index contributed by atoms with van der Waals surface area (Å²) in [4.78, 5) is 16.1. The minimum Gasteiger partial charge on any atom is -0.361 e. The van der Waals surface area contributed by atoms with E-state index in [0.717, 1.165) is 38.6 Å². The largest absolute Gasteiger partial charge is 0.361 e. The van der Waals surface area contributed by atoms with Gasteiger partial charge >= 0.3 is 6.21 Å². The van der Waals surface area contributed by atoms with Crippen molar-refractivity contribution in [1.29, 1.82) is 0 Å². The maximum Gasteiger partial charge on any atom is 0.323 e. The van der Waals surface area contributed by atoms with Gasteiger partial charge in [-0.3, -0.25) is 4.79 Å². The van der Waals surface area contributed by atoms with Crippen molar-refractivity contribution in [2.75, 3.05) is 13.6 Å². The molecule has 0 fully saturated rings. The summed E-state index contributed by atoms with van der Waals surface area (Å²) in [5.41, 5.74) is 9.51. The topological polar surface area (TPSA) is 56.7 Å². The molecule has 0 spiro atoms. The van der Waals surface area contributed by atoms with Gasteiger partial charge in [0.15, 0.2) is 0 Å². The van der Waals surface area contributed by atoms with Crippen LogP contribution in [0.4, 0.5) is 0 Å². The van der Waals surface area contributed by atoms with E-state index in [4.69, 9.17) is 5.53 Å². The number of rotatable bonds is 9.